The summed E-state index contributed by atoms with van der Waals surface area (Å²) >= 11 is 0. The molecule has 0 atom stereocenters. The summed E-state index contributed by atoms with van der Waals surface area (Å²) in [6, 6.07) is 127. The number of para-hydroxylation sites is 4. The summed E-state index contributed by atoms with van der Waals surface area (Å²) < 4.78 is 20.2. The summed E-state index contributed by atoms with van der Waals surface area (Å²) in [4.78, 5) is 9.57. The second-order valence-electron chi connectivity index (χ2n) is 37.5. The lowest BCUT2D eigenvalue weighted by atomic mass is 9.46. The number of hydrogen-bond acceptors (Lipinski definition) is 7. The molecule has 618 valence electrons. The van der Waals surface area contributed by atoms with E-state index in [-0.39, 0.29) is 17.7 Å². The van der Waals surface area contributed by atoms with Crippen molar-refractivity contribution in [3.8, 4) is 67.0 Å². The molecule has 0 saturated carbocycles. The van der Waals surface area contributed by atoms with Gasteiger partial charge in [-0.2, -0.15) is 0 Å². The highest BCUT2D eigenvalue weighted by molar-refractivity contribution is 6.93. The molecule has 4 aliphatic rings. The molecular weight excluding hydrogens is 1560 g/mol. The van der Waals surface area contributed by atoms with Gasteiger partial charge in [0, 0.05) is 126 Å². The molecule has 4 aromatic heterocycles. The molecule has 0 unspecified atom stereocenters. The van der Waals surface area contributed by atoms with Crippen molar-refractivity contribution in [3.63, 3.8) is 0 Å². The fourth-order valence-corrected chi connectivity index (χ4v) is 22.1. The highest BCUT2D eigenvalue weighted by Gasteiger charge is 2.49. The Morgan fingerprint density at radius 2 is 0.914 bits per heavy atom. The summed E-state index contributed by atoms with van der Waals surface area (Å²) in [7, 11) is 4.79. The minimum Gasteiger partial charge on any atom is -0.469 e. The van der Waals surface area contributed by atoms with E-state index in [9.17, 15) is 0 Å². The molecule has 0 amide bonds. The molecule has 0 saturated heterocycles. The number of anilines is 11. The predicted molar refractivity (Wildman–Crippen MR) is 543 cm³/mol. The highest BCUT2D eigenvalue weighted by Crippen LogP contribution is 2.55. The molecule has 11 heteroatoms. The maximum Gasteiger partial charge on any atom is 0.375 e. The van der Waals surface area contributed by atoms with Crippen LogP contribution in [0.3, 0.4) is 0 Å². The van der Waals surface area contributed by atoms with E-state index in [0.717, 1.165) is 171 Å². The third kappa shape index (κ3) is 12.3. The van der Waals surface area contributed by atoms with Crippen molar-refractivity contribution >= 4 is 164 Å². The topological polar surface area (TPSA) is 61.1 Å². The molecule has 9 nitrogen and oxygen atoms in total. The molecule has 1 aliphatic carbocycles. The number of hydrogen-bond donors (Lipinski definition) is 1. The standard InChI is InChI=1S/C117H97B2N7O2/c1-10-11-17-28-74-39-50-87(51-40-74)126-102-58-55-88(122(83-31-20-13-21-32-83)84-33-22-14-23-34-84)68-91(102)93-64-73(3)107-95-70-98-99(117(6,7)62-61-116(98,4)5)71-103(95)125-111-97-66-79(47-60-105(97)128-115(111)119(126)109(93)113(107)125)76-41-43-77(44-42-76)80-45-56-90(100(67-80)120-81-48-52-82(53-49-81)121(8)9)92-63-72(2)106-94-69-89(123(85-35-24-15-25-36-85)86-37-26-16-27-38-86)54-57-101(94)124-110-96-65-78(75-29-18-12-19-30-75)46-59-104(96)127-114(110)118-108(92)112(106)124/h12-16,18-27,29-60,63-71,118,120H,10-11,17,28,61-62H2,1-9H3. The quantitative estimate of drug-likeness (QED) is 0.0678. The second-order valence-corrected chi connectivity index (χ2v) is 37.5. The average Bonchev–Trinajstić information content (AvgIpc) is 1.47. The van der Waals surface area contributed by atoms with Crippen LogP contribution in [0.25, 0.3) is 133 Å². The lowest BCUT2D eigenvalue weighted by Gasteiger charge is -2.42. The van der Waals surface area contributed by atoms with Crippen LogP contribution in [0.1, 0.15) is 94.5 Å². The first kappa shape index (κ1) is 76.9. The van der Waals surface area contributed by atoms with Gasteiger partial charge in [-0.15, -0.1) is 0 Å². The van der Waals surface area contributed by atoms with Gasteiger partial charge in [0.2, 0.25) is 7.28 Å². The van der Waals surface area contributed by atoms with E-state index >= 15 is 0 Å². The van der Waals surface area contributed by atoms with Crippen LogP contribution in [0, 0.1) is 13.8 Å². The summed E-state index contributed by atoms with van der Waals surface area (Å²) in [5, 5.41) is 11.3. The summed E-state index contributed by atoms with van der Waals surface area (Å²) in [6.45, 7) is 16.5. The molecule has 16 aromatic carbocycles. The van der Waals surface area contributed by atoms with Crippen molar-refractivity contribution in [1.29, 1.82) is 0 Å². The number of unbranched alkanes of at least 4 members (excludes halogenated alkanes) is 2. The normalized spacial score (nSPS) is 13.7. The number of nitrogens with zero attached hydrogens (tertiary/aromatic N) is 6. The Balaban J connectivity index is 0.668. The number of nitrogens with one attached hydrogen (secondary N) is 1. The molecule has 0 spiro atoms. The van der Waals surface area contributed by atoms with Crippen molar-refractivity contribution < 1.29 is 8.83 Å². The zero-order chi connectivity index (χ0) is 86.1. The maximum atomic E-state index is 7.78. The lowest BCUT2D eigenvalue weighted by Crippen LogP contribution is -2.60. The van der Waals surface area contributed by atoms with Gasteiger partial charge in [-0.1, -0.05) is 223 Å². The Labute approximate surface area is 748 Å². The Morgan fingerprint density at radius 3 is 1.52 bits per heavy atom. The molecule has 7 heterocycles. The van der Waals surface area contributed by atoms with E-state index in [4.69, 9.17) is 8.83 Å². The summed E-state index contributed by atoms with van der Waals surface area (Å²) in [5.74, 6) is 0. The van der Waals surface area contributed by atoms with Crippen LogP contribution >= 0.6 is 0 Å². The van der Waals surface area contributed by atoms with Crippen LogP contribution in [0.4, 0.5) is 62.6 Å². The van der Waals surface area contributed by atoms with E-state index < -0.39 is 0 Å². The molecule has 0 bridgehead atoms. The van der Waals surface area contributed by atoms with Gasteiger partial charge < -0.3 is 42.8 Å². The zero-order valence-electron chi connectivity index (χ0n) is 73.9. The van der Waals surface area contributed by atoms with Crippen molar-refractivity contribution in [2.45, 2.75) is 97.8 Å². The number of aryl methyl sites for hydroxylation is 3. The van der Waals surface area contributed by atoms with Crippen LogP contribution in [-0.2, 0) is 17.3 Å². The monoisotopic (exact) mass is 1650 g/mol. The number of fused-ring (bicyclic) bond motifs is 18. The molecule has 20 aromatic rings. The smallest absolute Gasteiger partial charge is 0.375 e. The third-order valence-electron chi connectivity index (χ3n) is 28.6. The number of rotatable bonds is 18. The SMILES string of the molecule is CCCCCc1ccc(N2B3c4oc5ccc(-c6ccc(-c7ccc(-c8cc(C)c9c%10cc(N(c%11ccccc%11)c%11ccccc%11)ccc%10n%10c9c8Bc8oc9ccc(-c%11ccccc%11)cc9c8-%10)c(Nc8ccc(N(C)C)cc8)c7)cc6)cc5c4-n4c5cc6c(cc5c5c(C)cc(c3c54)-c3cc(N(c4ccccc4)c4ccccc4)ccc32)C(C)(C)CCC6(C)C)cc1. The zero-order valence-corrected chi connectivity index (χ0v) is 73.9. The minimum atomic E-state index is -0.323. The Morgan fingerprint density at radius 1 is 0.406 bits per heavy atom. The van der Waals surface area contributed by atoms with Gasteiger partial charge in [0.05, 0.1) is 33.6 Å². The number of aromatic nitrogens is 2. The average molecular weight is 1650 g/mol. The highest BCUT2D eigenvalue weighted by atomic mass is 16.3. The third-order valence-corrected chi connectivity index (χ3v) is 28.6. The molecule has 24 rings (SSSR count). The van der Waals surface area contributed by atoms with Gasteiger partial charge in [-0.25, -0.2) is 0 Å². The van der Waals surface area contributed by atoms with Crippen LogP contribution in [-0.4, -0.2) is 37.4 Å². The molecule has 128 heavy (non-hydrogen) atoms. The first-order valence-electron chi connectivity index (χ1n) is 45.6. The van der Waals surface area contributed by atoms with E-state index in [1.165, 1.54) is 113 Å². The molecule has 0 fully saturated rings. The number of furan rings is 2. The van der Waals surface area contributed by atoms with E-state index in [2.05, 4.69) is 436 Å². The van der Waals surface area contributed by atoms with Gasteiger partial charge in [-0.3, -0.25) is 0 Å². The van der Waals surface area contributed by atoms with Crippen molar-refractivity contribution in [1.82, 2.24) is 9.13 Å². The fraction of sp³-hybridized carbons (Fsp3) is 0.145. The maximum absolute atomic E-state index is 7.78. The van der Waals surface area contributed by atoms with Crippen molar-refractivity contribution in [3.05, 3.63) is 368 Å². The Bertz CT molecular complexity index is 7780. The Kier molecular flexibility index (Phi) is 17.9. The van der Waals surface area contributed by atoms with Crippen LogP contribution in [0.15, 0.2) is 349 Å². The first-order valence-corrected chi connectivity index (χ1v) is 45.6. The summed E-state index contributed by atoms with van der Waals surface area (Å²) in [6.07, 6.45) is 6.86. The second kappa shape index (κ2) is 29.7. The van der Waals surface area contributed by atoms with E-state index in [0.29, 0.717) is 7.28 Å². The van der Waals surface area contributed by atoms with E-state index in [1.807, 2.05) is 0 Å². The predicted octanol–water partition coefficient (Wildman–Crippen LogP) is 28.4. The summed E-state index contributed by atoms with van der Waals surface area (Å²) in [5.41, 5.74) is 43.3. The molecule has 1 N–H and O–H groups in total. The molecule has 3 aliphatic heterocycles. The van der Waals surface area contributed by atoms with Crippen LogP contribution in [0.5, 0.6) is 0 Å². The number of benzene rings is 16. The van der Waals surface area contributed by atoms with Gasteiger partial charge >= 0.3 is 6.85 Å². The van der Waals surface area contributed by atoms with Crippen LogP contribution < -0.4 is 47.1 Å². The molecular formula is C117H97B2N7O2. The van der Waals surface area contributed by atoms with E-state index in [1.54, 1.807) is 0 Å². The van der Waals surface area contributed by atoms with Crippen molar-refractivity contribution in [2.24, 2.45) is 0 Å². The Hall–Kier alpha value is -14.7. The minimum absolute atomic E-state index is 0.00872. The largest absolute Gasteiger partial charge is 0.469 e. The van der Waals surface area contributed by atoms with Gasteiger partial charge in [0.15, 0.2) is 0 Å². The lowest BCUT2D eigenvalue weighted by molar-refractivity contribution is 0.332. The molecule has 0 radical (unpaired) electrons. The van der Waals surface area contributed by atoms with Gasteiger partial charge in [-0.05, 0) is 297 Å². The van der Waals surface area contributed by atoms with Crippen LogP contribution in [0.2, 0.25) is 0 Å². The van der Waals surface area contributed by atoms with Gasteiger partial charge in [0.25, 0.3) is 0 Å². The van der Waals surface area contributed by atoms with Crippen molar-refractivity contribution in [2.75, 3.05) is 38.9 Å². The first-order chi connectivity index (χ1) is 62.6. The van der Waals surface area contributed by atoms with Gasteiger partial charge in [0.1, 0.15) is 16.8 Å². The fourth-order valence-electron chi connectivity index (χ4n) is 22.1.